The molecule has 0 aliphatic carbocycles. The summed E-state index contributed by atoms with van der Waals surface area (Å²) in [5, 5.41) is 3.59. The number of oxazole rings is 1. The van der Waals surface area contributed by atoms with Crippen LogP contribution in [0.15, 0.2) is 28.7 Å². The van der Waals surface area contributed by atoms with Crippen LogP contribution in [0, 0.1) is 0 Å². The topological polar surface area (TPSA) is 41.3 Å². The van der Waals surface area contributed by atoms with Gasteiger partial charge in [-0.25, -0.2) is 0 Å². The van der Waals surface area contributed by atoms with Crippen molar-refractivity contribution in [3.8, 4) is 0 Å². The molecule has 4 heteroatoms. The number of fused-ring (bicyclic) bond motifs is 1. The smallest absolute Gasteiger partial charge is 0.298 e. The van der Waals surface area contributed by atoms with E-state index in [1.54, 1.807) is 0 Å². The zero-order chi connectivity index (χ0) is 13.1. The van der Waals surface area contributed by atoms with Crippen LogP contribution in [0.1, 0.15) is 26.2 Å². The molecule has 0 unspecified atom stereocenters. The fourth-order valence-electron chi connectivity index (χ4n) is 2.62. The number of benzene rings is 1. The highest BCUT2D eigenvalue weighted by Crippen LogP contribution is 2.24. The largest absolute Gasteiger partial charge is 0.423 e. The Labute approximate surface area is 113 Å². The molecule has 1 saturated heterocycles. The Balaban J connectivity index is 1.64. The van der Waals surface area contributed by atoms with Crippen LogP contribution in [0.3, 0.4) is 0 Å². The van der Waals surface area contributed by atoms with Crippen LogP contribution in [-0.2, 0) is 0 Å². The van der Waals surface area contributed by atoms with Crippen LogP contribution >= 0.6 is 0 Å². The molecule has 1 N–H and O–H groups in total. The zero-order valence-corrected chi connectivity index (χ0v) is 11.4. The van der Waals surface area contributed by atoms with Crippen molar-refractivity contribution in [2.45, 2.75) is 32.2 Å². The lowest BCUT2D eigenvalue weighted by Crippen LogP contribution is -2.42. The third-order valence-corrected chi connectivity index (χ3v) is 3.73. The summed E-state index contributed by atoms with van der Waals surface area (Å²) in [4.78, 5) is 6.82. The van der Waals surface area contributed by atoms with E-state index in [1.807, 2.05) is 24.3 Å². The average Bonchev–Trinajstić information content (AvgIpc) is 2.89. The van der Waals surface area contributed by atoms with Crippen LogP contribution in [0.25, 0.3) is 11.1 Å². The Morgan fingerprint density at radius 1 is 1.32 bits per heavy atom. The summed E-state index contributed by atoms with van der Waals surface area (Å²) in [6, 6.07) is 9.38. The molecular formula is C15H21N3O. The Bertz CT molecular complexity index is 496. The van der Waals surface area contributed by atoms with Gasteiger partial charge >= 0.3 is 0 Å². The van der Waals surface area contributed by atoms with Gasteiger partial charge in [-0.1, -0.05) is 19.1 Å². The molecular weight excluding hydrogens is 238 g/mol. The molecule has 1 aliphatic rings. The number of nitrogens with zero attached hydrogens (tertiary/aromatic N) is 2. The standard InChI is InChI=1S/C15H21N3O/c1-2-9-16-12-7-10-18(11-8-12)15-17-13-5-3-4-6-14(13)19-15/h3-6,12,16H,2,7-11H2,1H3. The van der Waals surface area contributed by atoms with E-state index >= 15 is 0 Å². The first-order valence-corrected chi connectivity index (χ1v) is 7.20. The molecule has 0 saturated carbocycles. The van der Waals surface area contributed by atoms with Crippen molar-refractivity contribution in [1.29, 1.82) is 0 Å². The van der Waals surface area contributed by atoms with Crippen molar-refractivity contribution >= 4 is 17.1 Å². The minimum atomic E-state index is 0.653. The minimum absolute atomic E-state index is 0.653. The number of aromatic nitrogens is 1. The lowest BCUT2D eigenvalue weighted by atomic mass is 10.1. The summed E-state index contributed by atoms with van der Waals surface area (Å²) in [6.07, 6.45) is 3.53. The first-order valence-electron chi connectivity index (χ1n) is 7.20. The van der Waals surface area contributed by atoms with Gasteiger partial charge in [0.05, 0.1) is 0 Å². The predicted molar refractivity (Wildman–Crippen MR) is 77.5 cm³/mol. The zero-order valence-electron chi connectivity index (χ0n) is 11.4. The van der Waals surface area contributed by atoms with Gasteiger partial charge in [-0.15, -0.1) is 0 Å². The Kier molecular flexibility index (Phi) is 3.69. The van der Waals surface area contributed by atoms with E-state index in [4.69, 9.17) is 4.42 Å². The van der Waals surface area contributed by atoms with E-state index in [1.165, 1.54) is 19.3 Å². The van der Waals surface area contributed by atoms with Crippen molar-refractivity contribution in [2.24, 2.45) is 0 Å². The molecule has 0 amide bonds. The molecule has 0 atom stereocenters. The predicted octanol–water partition coefficient (Wildman–Crippen LogP) is 2.80. The highest BCUT2D eigenvalue weighted by molar-refractivity contribution is 5.74. The van der Waals surface area contributed by atoms with Crippen molar-refractivity contribution in [3.63, 3.8) is 0 Å². The van der Waals surface area contributed by atoms with Crippen LogP contribution in [0.5, 0.6) is 0 Å². The van der Waals surface area contributed by atoms with E-state index in [0.717, 1.165) is 36.7 Å². The molecule has 102 valence electrons. The molecule has 0 bridgehead atoms. The summed E-state index contributed by atoms with van der Waals surface area (Å²) in [5.41, 5.74) is 1.83. The molecule has 1 aromatic carbocycles. The molecule has 1 aromatic heterocycles. The van der Waals surface area contributed by atoms with Gasteiger partial charge in [-0.3, -0.25) is 0 Å². The Morgan fingerprint density at radius 3 is 2.84 bits per heavy atom. The van der Waals surface area contributed by atoms with Crippen molar-refractivity contribution in [2.75, 3.05) is 24.5 Å². The number of rotatable bonds is 4. The lowest BCUT2D eigenvalue weighted by Gasteiger charge is -2.31. The molecule has 0 spiro atoms. The number of piperidine rings is 1. The summed E-state index contributed by atoms with van der Waals surface area (Å²) in [7, 11) is 0. The number of para-hydroxylation sites is 2. The molecule has 19 heavy (non-hydrogen) atoms. The quantitative estimate of drug-likeness (QED) is 0.916. The van der Waals surface area contributed by atoms with E-state index in [2.05, 4.69) is 22.1 Å². The Hall–Kier alpha value is -1.55. The maximum absolute atomic E-state index is 5.82. The van der Waals surface area contributed by atoms with Crippen LogP contribution < -0.4 is 10.2 Å². The Morgan fingerprint density at radius 2 is 2.11 bits per heavy atom. The summed E-state index contributed by atoms with van der Waals surface area (Å²) in [5.74, 6) is 0. The minimum Gasteiger partial charge on any atom is -0.423 e. The molecule has 4 nitrogen and oxygen atoms in total. The normalized spacial score (nSPS) is 17.2. The van der Waals surface area contributed by atoms with E-state index in [0.29, 0.717) is 6.04 Å². The monoisotopic (exact) mass is 259 g/mol. The van der Waals surface area contributed by atoms with E-state index in [9.17, 15) is 0 Å². The van der Waals surface area contributed by atoms with Gasteiger partial charge in [0.25, 0.3) is 6.01 Å². The molecule has 1 aliphatic heterocycles. The van der Waals surface area contributed by atoms with Crippen molar-refractivity contribution in [3.05, 3.63) is 24.3 Å². The molecule has 2 aromatic rings. The van der Waals surface area contributed by atoms with Crippen molar-refractivity contribution in [1.82, 2.24) is 10.3 Å². The molecule has 2 heterocycles. The summed E-state index contributed by atoms with van der Waals surface area (Å²) < 4.78 is 5.82. The molecule has 3 rings (SSSR count). The van der Waals surface area contributed by atoms with Gasteiger partial charge in [-0.05, 0) is 37.9 Å². The first kappa shape index (κ1) is 12.5. The third-order valence-electron chi connectivity index (χ3n) is 3.73. The fourth-order valence-corrected chi connectivity index (χ4v) is 2.62. The highest BCUT2D eigenvalue weighted by atomic mass is 16.4. The van der Waals surface area contributed by atoms with Crippen LogP contribution in [-0.4, -0.2) is 30.7 Å². The fraction of sp³-hybridized carbons (Fsp3) is 0.533. The van der Waals surface area contributed by atoms with Gasteiger partial charge in [0.1, 0.15) is 5.52 Å². The second-order valence-electron chi connectivity index (χ2n) is 5.18. The van der Waals surface area contributed by atoms with Crippen LogP contribution in [0.2, 0.25) is 0 Å². The van der Waals surface area contributed by atoms with E-state index < -0.39 is 0 Å². The van der Waals surface area contributed by atoms with Gasteiger partial charge in [0, 0.05) is 19.1 Å². The second kappa shape index (κ2) is 5.61. The number of nitrogens with one attached hydrogen (secondary N) is 1. The number of anilines is 1. The lowest BCUT2D eigenvalue weighted by molar-refractivity contribution is 0.401. The van der Waals surface area contributed by atoms with Crippen molar-refractivity contribution < 1.29 is 4.42 Å². The molecule has 0 radical (unpaired) electrons. The van der Waals surface area contributed by atoms with Crippen LogP contribution in [0.4, 0.5) is 6.01 Å². The maximum Gasteiger partial charge on any atom is 0.298 e. The second-order valence-corrected chi connectivity index (χ2v) is 5.18. The van der Waals surface area contributed by atoms with Gasteiger partial charge in [0.15, 0.2) is 5.58 Å². The first-order chi connectivity index (χ1) is 9.36. The third kappa shape index (κ3) is 2.73. The summed E-state index contributed by atoms with van der Waals surface area (Å²) in [6.45, 7) is 5.37. The number of hydrogen-bond acceptors (Lipinski definition) is 4. The maximum atomic E-state index is 5.82. The van der Waals surface area contributed by atoms with Gasteiger partial charge < -0.3 is 14.6 Å². The van der Waals surface area contributed by atoms with Gasteiger partial charge in [0.2, 0.25) is 0 Å². The molecule has 1 fully saturated rings. The highest BCUT2D eigenvalue weighted by Gasteiger charge is 2.21. The summed E-state index contributed by atoms with van der Waals surface area (Å²) >= 11 is 0. The van der Waals surface area contributed by atoms with Gasteiger partial charge in [-0.2, -0.15) is 4.98 Å². The number of hydrogen-bond donors (Lipinski definition) is 1. The SMILES string of the molecule is CCCNC1CCN(c2nc3ccccc3o2)CC1. The average molecular weight is 259 g/mol. The van der Waals surface area contributed by atoms with E-state index in [-0.39, 0.29) is 0 Å².